The average molecular weight is 452 g/mol. The molecule has 1 aliphatic rings. The van der Waals surface area contributed by atoms with Crippen LogP contribution in [0.2, 0.25) is 0 Å². The topological polar surface area (TPSA) is 91.0 Å². The number of para-hydroxylation sites is 2. The second-order valence-corrected chi connectivity index (χ2v) is 9.40. The summed E-state index contributed by atoms with van der Waals surface area (Å²) in [6, 6.07) is 11.7. The van der Waals surface area contributed by atoms with E-state index in [0.29, 0.717) is 17.2 Å². The van der Waals surface area contributed by atoms with Gasteiger partial charge in [0.25, 0.3) is 0 Å². The van der Waals surface area contributed by atoms with Gasteiger partial charge in [-0.2, -0.15) is 0 Å². The van der Waals surface area contributed by atoms with Crippen LogP contribution in [-0.4, -0.2) is 38.2 Å². The Kier molecular flexibility index (Phi) is 5.52. The number of likely N-dealkylation sites (tertiary alicyclic amines) is 1. The smallest absolute Gasteiger partial charge is 0.231 e. The molecule has 2 amide bonds. The maximum absolute atomic E-state index is 13.0. The number of hydrogen-bond acceptors (Lipinski definition) is 6. The Morgan fingerprint density at radius 1 is 1.13 bits per heavy atom. The Balaban J connectivity index is 1.23. The highest BCUT2D eigenvalue weighted by molar-refractivity contribution is 7.14. The first-order valence-corrected chi connectivity index (χ1v) is 11.9. The number of aromatic nitrogens is 3. The highest BCUT2D eigenvalue weighted by Gasteiger charge is 2.32. The highest BCUT2D eigenvalue weighted by Crippen LogP contribution is 2.32. The van der Waals surface area contributed by atoms with Crippen molar-refractivity contribution in [1.82, 2.24) is 19.9 Å². The van der Waals surface area contributed by atoms with E-state index in [1.165, 1.54) is 11.3 Å². The van der Waals surface area contributed by atoms with Gasteiger partial charge in [-0.25, -0.2) is 9.97 Å². The van der Waals surface area contributed by atoms with Crippen LogP contribution in [0.25, 0.3) is 11.0 Å². The van der Waals surface area contributed by atoms with E-state index in [9.17, 15) is 9.59 Å². The van der Waals surface area contributed by atoms with E-state index in [4.69, 9.17) is 4.98 Å². The lowest BCUT2D eigenvalue weighted by atomic mass is 10.2. The quantitative estimate of drug-likeness (QED) is 0.460. The van der Waals surface area contributed by atoms with Crippen LogP contribution in [0.4, 0.5) is 5.13 Å². The number of nitrogens with one attached hydrogen (secondary N) is 2. The lowest BCUT2D eigenvalue weighted by molar-refractivity contribution is -0.131. The van der Waals surface area contributed by atoms with Gasteiger partial charge in [-0.15, -0.1) is 22.7 Å². The Hall–Kier alpha value is -3.04. The minimum absolute atomic E-state index is 0.0321. The van der Waals surface area contributed by atoms with E-state index >= 15 is 0 Å². The molecular formula is C22H21N5O2S2. The summed E-state index contributed by atoms with van der Waals surface area (Å²) in [5.41, 5.74) is 2.58. The van der Waals surface area contributed by atoms with Gasteiger partial charge in [-0.05, 0) is 36.4 Å². The SMILES string of the molecule is O=C(Cc1cccs1)Nc1nc(CC(=O)N2CCCC2c2nc3ccccc3[nH]2)cs1. The molecule has 0 aliphatic carbocycles. The standard InChI is InChI=1S/C22H21N5O2S2/c28-19(12-15-5-4-10-30-15)26-22-23-14(13-31-22)11-20(29)27-9-3-8-18(27)21-24-16-6-1-2-7-17(16)25-21/h1-2,4-7,10,13,18H,3,8-9,11-12H2,(H,24,25)(H,23,26,28). The first-order valence-electron chi connectivity index (χ1n) is 10.2. The predicted molar refractivity (Wildman–Crippen MR) is 122 cm³/mol. The number of rotatable bonds is 6. The van der Waals surface area contributed by atoms with Crippen molar-refractivity contribution in [3.8, 4) is 0 Å². The van der Waals surface area contributed by atoms with Crippen molar-refractivity contribution < 1.29 is 9.59 Å². The van der Waals surface area contributed by atoms with Crippen LogP contribution in [-0.2, 0) is 22.4 Å². The van der Waals surface area contributed by atoms with Crippen molar-refractivity contribution in [2.75, 3.05) is 11.9 Å². The third-order valence-corrected chi connectivity index (χ3v) is 7.02. The largest absolute Gasteiger partial charge is 0.340 e. The lowest BCUT2D eigenvalue weighted by Crippen LogP contribution is -2.32. The summed E-state index contributed by atoms with van der Waals surface area (Å²) in [4.78, 5) is 40.6. The normalized spacial score (nSPS) is 16.1. The fourth-order valence-corrected chi connectivity index (χ4v) is 5.35. The number of benzene rings is 1. The van der Waals surface area contributed by atoms with Crippen LogP contribution in [0.15, 0.2) is 47.2 Å². The van der Waals surface area contributed by atoms with Crippen LogP contribution in [0.3, 0.4) is 0 Å². The zero-order valence-corrected chi connectivity index (χ0v) is 18.3. The summed E-state index contributed by atoms with van der Waals surface area (Å²) in [5.74, 6) is 0.774. The van der Waals surface area contributed by atoms with Crippen molar-refractivity contribution in [3.63, 3.8) is 0 Å². The number of nitrogens with zero attached hydrogens (tertiary/aromatic N) is 3. The molecule has 158 valence electrons. The maximum Gasteiger partial charge on any atom is 0.231 e. The summed E-state index contributed by atoms with van der Waals surface area (Å²) in [7, 11) is 0. The molecule has 1 saturated heterocycles. The number of anilines is 1. The molecule has 4 heterocycles. The number of H-pyrrole nitrogens is 1. The molecule has 5 rings (SSSR count). The van der Waals surface area contributed by atoms with Gasteiger partial charge in [0, 0.05) is 16.8 Å². The van der Waals surface area contributed by atoms with Gasteiger partial charge in [0.15, 0.2) is 5.13 Å². The first-order chi connectivity index (χ1) is 15.2. The third kappa shape index (κ3) is 4.38. The highest BCUT2D eigenvalue weighted by atomic mass is 32.1. The molecule has 4 aromatic rings. The minimum atomic E-state index is -0.0980. The van der Waals surface area contributed by atoms with Gasteiger partial charge in [0.1, 0.15) is 5.82 Å². The van der Waals surface area contributed by atoms with Gasteiger partial charge in [-0.1, -0.05) is 18.2 Å². The van der Waals surface area contributed by atoms with Crippen molar-refractivity contribution in [2.24, 2.45) is 0 Å². The van der Waals surface area contributed by atoms with Gasteiger partial charge in [0.05, 0.1) is 35.6 Å². The van der Waals surface area contributed by atoms with Crippen LogP contribution >= 0.6 is 22.7 Å². The molecule has 1 atom stereocenters. The van der Waals surface area contributed by atoms with Gasteiger partial charge in [0.2, 0.25) is 11.8 Å². The van der Waals surface area contributed by atoms with Crippen molar-refractivity contribution in [2.45, 2.75) is 31.7 Å². The van der Waals surface area contributed by atoms with Gasteiger partial charge >= 0.3 is 0 Å². The second kappa shape index (κ2) is 8.60. The molecule has 0 saturated carbocycles. The summed E-state index contributed by atoms with van der Waals surface area (Å²) >= 11 is 2.90. The average Bonchev–Trinajstić information content (AvgIpc) is 3.54. The van der Waals surface area contributed by atoms with E-state index in [2.05, 4.69) is 15.3 Å². The predicted octanol–water partition coefficient (Wildman–Crippen LogP) is 4.17. The number of imidazole rings is 1. The zero-order valence-electron chi connectivity index (χ0n) is 16.7. The minimum Gasteiger partial charge on any atom is -0.340 e. The first kappa shape index (κ1) is 19.9. The molecule has 1 unspecified atom stereocenters. The van der Waals surface area contributed by atoms with E-state index in [1.807, 2.05) is 52.1 Å². The number of amides is 2. The summed E-state index contributed by atoms with van der Waals surface area (Å²) in [6.45, 7) is 0.717. The molecule has 2 N–H and O–H groups in total. The summed E-state index contributed by atoms with van der Waals surface area (Å²) in [6.07, 6.45) is 2.40. The van der Waals surface area contributed by atoms with E-state index in [1.54, 1.807) is 11.3 Å². The zero-order chi connectivity index (χ0) is 21.2. The summed E-state index contributed by atoms with van der Waals surface area (Å²) < 4.78 is 0. The van der Waals surface area contributed by atoms with Crippen LogP contribution < -0.4 is 5.32 Å². The fourth-order valence-electron chi connectivity index (χ4n) is 3.92. The number of fused-ring (bicyclic) bond motifs is 1. The molecule has 7 nitrogen and oxygen atoms in total. The van der Waals surface area contributed by atoms with Crippen LogP contribution in [0.5, 0.6) is 0 Å². The van der Waals surface area contributed by atoms with Crippen LogP contribution in [0.1, 0.15) is 35.3 Å². The van der Waals surface area contributed by atoms with Gasteiger partial charge in [-0.3, -0.25) is 9.59 Å². The van der Waals surface area contributed by atoms with E-state index in [0.717, 1.165) is 41.1 Å². The number of thiazole rings is 1. The maximum atomic E-state index is 13.0. The number of carbonyl (C=O) groups is 2. The Bertz CT molecular complexity index is 1180. The fraction of sp³-hybridized carbons (Fsp3) is 0.273. The number of thiophene rings is 1. The summed E-state index contributed by atoms with van der Waals surface area (Å²) in [5, 5.41) is 7.14. The Labute approximate surface area is 187 Å². The lowest BCUT2D eigenvalue weighted by Gasteiger charge is -2.22. The molecule has 1 fully saturated rings. The number of aromatic amines is 1. The van der Waals surface area contributed by atoms with E-state index in [-0.39, 0.29) is 24.3 Å². The van der Waals surface area contributed by atoms with Gasteiger partial charge < -0.3 is 15.2 Å². The molecule has 31 heavy (non-hydrogen) atoms. The molecule has 1 aromatic carbocycles. The second-order valence-electron chi connectivity index (χ2n) is 7.51. The van der Waals surface area contributed by atoms with Crippen molar-refractivity contribution in [3.05, 3.63) is 63.6 Å². The van der Waals surface area contributed by atoms with Crippen LogP contribution in [0, 0.1) is 0 Å². The molecule has 0 radical (unpaired) electrons. The van der Waals surface area contributed by atoms with E-state index < -0.39 is 0 Å². The molecule has 3 aromatic heterocycles. The number of carbonyl (C=O) groups excluding carboxylic acids is 2. The Morgan fingerprint density at radius 2 is 2.03 bits per heavy atom. The molecule has 1 aliphatic heterocycles. The van der Waals surface area contributed by atoms with Crippen molar-refractivity contribution >= 4 is 50.7 Å². The number of hydrogen-bond donors (Lipinski definition) is 2. The molecular weight excluding hydrogens is 430 g/mol. The third-order valence-electron chi connectivity index (χ3n) is 5.34. The monoisotopic (exact) mass is 451 g/mol. The Morgan fingerprint density at radius 3 is 2.87 bits per heavy atom. The molecule has 0 spiro atoms. The molecule has 9 heteroatoms. The molecule has 0 bridgehead atoms. The van der Waals surface area contributed by atoms with Crippen molar-refractivity contribution in [1.29, 1.82) is 0 Å².